The first-order chi connectivity index (χ1) is 17.8. The van der Waals surface area contributed by atoms with Crippen molar-refractivity contribution in [3.8, 4) is 22.5 Å². The monoisotopic (exact) mass is 471 g/mol. The molecule has 0 atom stereocenters. The van der Waals surface area contributed by atoms with E-state index in [9.17, 15) is 4.79 Å². The van der Waals surface area contributed by atoms with Crippen LogP contribution in [0, 0.1) is 0 Å². The molecular formula is C32H27N2O2. The molecule has 4 heteroatoms. The van der Waals surface area contributed by atoms with E-state index in [0.29, 0.717) is 5.56 Å². The molecule has 0 N–H and O–H groups in total. The van der Waals surface area contributed by atoms with E-state index in [0.717, 1.165) is 60.7 Å². The summed E-state index contributed by atoms with van der Waals surface area (Å²) < 4.78 is 6.24. The van der Waals surface area contributed by atoms with Crippen molar-refractivity contribution < 1.29 is 9.21 Å². The third kappa shape index (κ3) is 4.43. The predicted octanol–water partition coefficient (Wildman–Crippen LogP) is 6.55. The largest absolute Gasteiger partial charge is 0.456 e. The molecular weight excluding hydrogens is 444 g/mol. The maximum absolute atomic E-state index is 10.8. The molecule has 1 aliphatic rings. The lowest BCUT2D eigenvalue weighted by molar-refractivity contribution is 0.250. The molecule has 1 fully saturated rings. The van der Waals surface area contributed by atoms with Crippen molar-refractivity contribution in [1.29, 1.82) is 0 Å². The molecule has 2 heterocycles. The summed E-state index contributed by atoms with van der Waals surface area (Å²) in [5.74, 6) is 0.897. The molecule has 5 aromatic rings. The molecule has 0 saturated carbocycles. The topological polar surface area (TPSA) is 36.7 Å². The van der Waals surface area contributed by atoms with Crippen molar-refractivity contribution >= 4 is 22.9 Å². The SMILES string of the molecule is O=[C]c1ccc(N2CCN(Cc3ccccc3-c3ccccc3-c3cc4ccccc4o3)CC2)cc1. The number of anilines is 1. The predicted molar refractivity (Wildman–Crippen MR) is 146 cm³/mol. The van der Waals surface area contributed by atoms with Crippen LogP contribution >= 0.6 is 0 Å². The Morgan fingerprint density at radius 1 is 0.694 bits per heavy atom. The first-order valence-corrected chi connectivity index (χ1v) is 12.4. The molecule has 0 amide bonds. The van der Waals surface area contributed by atoms with Gasteiger partial charge >= 0.3 is 0 Å². The highest BCUT2D eigenvalue weighted by atomic mass is 16.3. The van der Waals surface area contributed by atoms with Crippen LogP contribution in [0.5, 0.6) is 0 Å². The zero-order chi connectivity index (χ0) is 24.3. The number of nitrogens with zero attached hydrogens (tertiary/aromatic N) is 2. The summed E-state index contributed by atoms with van der Waals surface area (Å²) in [5, 5.41) is 1.12. The Hall–Kier alpha value is -4.15. The standard InChI is InChI=1S/C32H27N2O2/c35-23-24-13-15-27(16-14-24)34-19-17-33(18-20-34)22-26-8-1-3-9-28(26)29-10-4-5-11-30(29)32-21-25-7-2-6-12-31(25)36-32/h1-16,21H,17-20,22H2. The Morgan fingerprint density at radius 3 is 2.11 bits per heavy atom. The summed E-state index contributed by atoms with van der Waals surface area (Å²) in [7, 11) is 0. The van der Waals surface area contributed by atoms with Crippen LogP contribution in [-0.4, -0.2) is 37.4 Å². The van der Waals surface area contributed by atoms with Gasteiger partial charge in [-0.2, -0.15) is 0 Å². The van der Waals surface area contributed by atoms with E-state index < -0.39 is 0 Å². The third-order valence-corrected chi connectivity index (χ3v) is 7.04. The molecule has 4 aromatic carbocycles. The van der Waals surface area contributed by atoms with Gasteiger partial charge in [-0.05, 0) is 53.1 Å². The van der Waals surface area contributed by atoms with Crippen LogP contribution in [0.3, 0.4) is 0 Å². The number of hydrogen-bond acceptors (Lipinski definition) is 4. The average molecular weight is 472 g/mol. The molecule has 4 nitrogen and oxygen atoms in total. The summed E-state index contributed by atoms with van der Waals surface area (Å²) >= 11 is 0. The van der Waals surface area contributed by atoms with Crippen molar-refractivity contribution in [3.63, 3.8) is 0 Å². The maximum atomic E-state index is 10.8. The second-order valence-electron chi connectivity index (χ2n) is 9.26. The number of furan rings is 1. The minimum absolute atomic E-state index is 0.594. The summed E-state index contributed by atoms with van der Waals surface area (Å²) in [6, 6.07) is 35.2. The number of piperazine rings is 1. The number of benzene rings is 4. The van der Waals surface area contributed by atoms with E-state index in [1.807, 2.05) is 48.8 Å². The van der Waals surface area contributed by atoms with E-state index in [4.69, 9.17) is 4.42 Å². The number of fused-ring (bicyclic) bond motifs is 1. The average Bonchev–Trinajstić information content (AvgIpc) is 3.38. The van der Waals surface area contributed by atoms with Crippen LogP contribution in [0.1, 0.15) is 11.1 Å². The fourth-order valence-corrected chi connectivity index (χ4v) is 5.11. The van der Waals surface area contributed by atoms with Gasteiger partial charge in [-0.25, -0.2) is 0 Å². The molecule has 1 aromatic heterocycles. The molecule has 36 heavy (non-hydrogen) atoms. The quantitative estimate of drug-likeness (QED) is 0.282. The van der Waals surface area contributed by atoms with Gasteiger partial charge in [0.25, 0.3) is 0 Å². The highest BCUT2D eigenvalue weighted by Crippen LogP contribution is 2.37. The van der Waals surface area contributed by atoms with E-state index in [-0.39, 0.29) is 0 Å². The summed E-state index contributed by atoms with van der Waals surface area (Å²) in [4.78, 5) is 15.7. The van der Waals surface area contributed by atoms with Crippen LogP contribution in [-0.2, 0) is 11.3 Å². The summed E-state index contributed by atoms with van der Waals surface area (Å²) in [6.45, 7) is 4.80. The normalized spacial score (nSPS) is 14.3. The van der Waals surface area contributed by atoms with Gasteiger partial charge in [-0.1, -0.05) is 66.7 Å². The van der Waals surface area contributed by atoms with Gasteiger partial charge in [0, 0.05) is 54.9 Å². The molecule has 0 spiro atoms. The summed E-state index contributed by atoms with van der Waals surface area (Å²) in [6.07, 6.45) is 1.95. The fraction of sp³-hybridized carbons (Fsp3) is 0.156. The Morgan fingerprint density at radius 2 is 1.36 bits per heavy atom. The van der Waals surface area contributed by atoms with Crippen LogP contribution in [0.2, 0.25) is 0 Å². The number of rotatable bonds is 6. The van der Waals surface area contributed by atoms with Gasteiger partial charge in [0.2, 0.25) is 6.29 Å². The first-order valence-electron chi connectivity index (χ1n) is 12.4. The van der Waals surface area contributed by atoms with Crippen molar-refractivity contribution in [3.05, 3.63) is 114 Å². The first kappa shape index (κ1) is 22.3. The van der Waals surface area contributed by atoms with Gasteiger partial charge in [0.05, 0.1) is 0 Å². The second kappa shape index (κ2) is 9.84. The van der Waals surface area contributed by atoms with Crippen molar-refractivity contribution in [2.24, 2.45) is 0 Å². The van der Waals surface area contributed by atoms with E-state index >= 15 is 0 Å². The Labute approximate surface area is 211 Å². The minimum Gasteiger partial charge on any atom is -0.456 e. The molecule has 0 bridgehead atoms. The molecule has 1 saturated heterocycles. The van der Waals surface area contributed by atoms with Crippen LogP contribution in [0.25, 0.3) is 33.4 Å². The van der Waals surface area contributed by atoms with E-state index in [1.165, 1.54) is 16.7 Å². The lowest BCUT2D eigenvalue weighted by atomic mass is 9.94. The molecule has 6 rings (SSSR count). The molecule has 1 radical (unpaired) electrons. The molecule has 0 unspecified atom stereocenters. The van der Waals surface area contributed by atoms with Crippen molar-refractivity contribution in [1.82, 2.24) is 4.90 Å². The second-order valence-corrected chi connectivity index (χ2v) is 9.26. The van der Waals surface area contributed by atoms with Gasteiger partial charge in [0.1, 0.15) is 11.3 Å². The van der Waals surface area contributed by atoms with Crippen molar-refractivity contribution in [2.75, 3.05) is 31.1 Å². The van der Waals surface area contributed by atoms with Crippen LogP contribution in [0.4, 0.5) is 5.69 Å². The van der Waals surface area contributed by atoms with Crippen LogP contribution < -0.4 is 4.90 Å². The van der Waals surface area contributed by atoms with Gasteiger partial charge in [-0.15, -0.1) is 0 Å². The van der Waals surface area contributed by atoms with E-state index in [1.54, 1.807) is 0 Å². The number of para-hydroxylation sites is 1. The molecule has 177 valence electrons. The van der Waals surface area contributed by atoms with Crippen LogP contribution in [0.15, 0.2) is 108 Å². The van der Waals surface area contributed by atoms with Gasteiger partial charge in [-0.3, -0.25) is 9.69 Å². The maximum Gasteiger partial charge on any atom is 0.233 e. The summed E-state index contributed by atoms with van der Waals surface area (Å²) in [5.41, 5.74) is 7.54. The number of hydrogen-bond donors (Lipinski definition) is 0. The Kier molecular flexibility index (Phi) is 6.10. The van der Waals surface area contributed by atoms with Gasteiger partial charge in [0.15, 0.2) is 0 Å². The lowest BCUT2D eigenvalue weighted by Gasteiger charge is -2.36. The van der Waals surface area contributed by atoms with Crippen molar-refractivity contribution in [2.45, 2.75) is 6.54 Å². The Balaban J connectivity index is 1.23. The lowest BCUT2D eigenvalue weighted by Crippen LogP contribution is -2.46. The fourth-order valence-electron chi connectivity index (χ4n) is 5.11. The van der Waals surface area contributed by atoms with Gasteiger partial charge < -0.3 is 9.32 Å². The highest BCUT2D eigenvalue weighted by Gasteiger charge is 2.20. The number of carbonyl (C=O) groups excluding carboxylic acids is 1. The Bertz CT molecular complexity index is 1460. The zero-order valence-electron chi connectivity index (χ0n) is 20.1. The minimum atomic E-state index is 0.594. The smallest absolute Gasteiger partial charge is 0.233 e. The molecule has 0 aliphatic carbocycles. The highest BCUT2D eigenvalue weighted by molar-refractivity contribution is 5.88. The zero-order valence-corrected chi connectivity index (χ0v) is 20.1. The molecule has 1 aliphatic heterocycles. The third-order valence-electron chi connectivity index (χ3n) is 7.04. The van der Waals surface area contributed by atoms with E-state index in [2.05, 4.69) is 70.5 Å².